The van der Waals surface area contributed by atoms with E-state index in [2.05, 4.69) is 19.9 Å². The smallest absolute Gasteiger partial charge is 0.249 e. The number of nitrogen functional groups attached to an aromatic ring is 2. The number of pyridine rings is 1. The van der Waals surface area contributed by atoms with Gasteiger partial charge in [-0.25, -0.2) is 23.7 Å². The van der Waals surface area contributed by atoms with Gasteiger partial charge in [-0.2, -0.15) is 0 Å². The third-order valence-corrected chi connectivity index (χ3v) is 7.76. The highest BCUT2D eigenvalue weighted by atomic mass is 35.5. The number of rotatable bonds is 3. The first-order valence-electron chi connectivity index (χ1n) is 9.52. The minimum Gasteiger partial charge on any atom is -0.382 e. The van der Waals surface area contributed by atoms with Gasteiger partial charge in [-0.1, -0.05) is 30.3 Å². The summed E-state index contributed by atoms with van der Waals surface area (Å²) >= 11 is 7.45. The molecule has 2 fully saturated rings. The fraction of sp³-hybridized carbons (Fsp3) is 0.526. The van der Waals surface area contributed by atoms with E-state index in [1.54, 1.807) is 18.5 Å². The summed E-state index contributed by atoms with van der Waals surface area (Å²) in [7, 11) is 0. The van der Waals surface area contributed by atoms with E-state index in [1.807, 2.05) is 6.92 Å². The molecule has 156 valence electrons. The average molecular weight is 441 g/mol. The first-order valence-corrected chi connectivity index (χ1v) is 10.7. The van der Waals surface area contributed by atoms with Crippen LogP contribution in [0.1, 0.15) is 32.6 Å². The van der Waals surface area contributed by atoms with Crippen LogP contribution in [-0.4, -0.2) is 34.0 Å². The molecule has 2 aliphatic rings. The van der Waals surface area contributed by atoms with E-state index in [-0.39, 0.29) is 30.0 Å². The first kappa shape index (κ1) is 20.4. The van der Waals surface area contributed by atoms with Crippen LogP contribution in [0.3, 0.4) is 0 Å². The average Bonchev–Trinajstić information content (AvgIpc) is 2.89. The molecule has 1 atom stereocenters. The van der Waals surface area contributed by atoms with Crippen molar-refractivity contribution in [2.24, 2.45) is 11.3 Å². The molecule has 1 aliphatic heterocycles. The van der Waals surface area contributed by atoms with E-state index in [4.69, 9.17) is 23.1 Å². The lowest BCUT2D eigenvalue weighted by Gasteiger charge is -2.42. The second-order valence-electron chi connectivity index (χ2n) is 8.02. The molecule has 1 spiro atoms. The second kappa shape index (κ2) is 7.43. The third kappa shape index (κ3) is 3.94. The van der Waals surface area contributed by atoms with Gasteiger partial charge in [-0.15, -0.1) is 0 Å². The summed E-state index contributed by atoms with van der Waals surface area (Å²) in [5.41, 5.74) is 11.6. The van der Waals surface area contributed by atoms with Crippen molar-refractivity contribution in [3.8, 4) is 0 Å². The summed E-state index contributed by atoms with van der Waals surface area (Å²) in [5, 5.41) is 0.880. The lowest BCUT2D eigenvalue weighted by Crippen LogP contribution is -2.42. The van der Waals surface area contributed by atoms with Crippen molar-refractivity contribution in [1.29, 1.82) is 0 Å². The molecule has 1 saturated heterocycles. The zero-order chi connectivity index (χ0) is 20.8. The molecule has 1 aliphatic carbocycles. The van der Waals surface area contributed by atoms with Gasteiger partial charge >= 0.3 is 0 Å². The van der Waals surface area contributed by atoms with Gasteiger partial charge in [-0.3, -0.25) is 0 Å². The summed E-state index contributed by atoms with van der Waals surface area (Å²) in [4.78, 5) is 15.6. The maximum Gasteiger partial charge on any atom is 0.249 e. The molecule has 2 aromatic rings. The molecule has 0 aromatic carbocycles. The van der Waals surface area contributed by atoms with E-state index in [0.29, 0.717) is 39.7 Å². The van der Waals surface area contributed by atoms with Crippen LogP contribution in [-0.2, 0) is 0 Å². The Labute approximate surface area is 177 Å². The number of alkyl halides is 2. The van der Waals surface area contributed by atoms with Gasteiger partial charge in [-0.05, 0) is 30.2 Å². The molecule has 2 aromatic heterocycles. The van der Waals surface area contributed by atoms with Crippen molar-refractivity contribution in [1.82, 2.24) is 15.0 Å². The molecule has 10 heteroatoms. The van der Waals surface area contributed by atoms with Crippen molar-refractivity contribution in [2.75, 3.05) is 29.5 Å². The Hall–Kier alpha value is -1.87. The highest BCUT2D eigenvalue weighted by molar-refractivity contribution is 7.99. The van der Waals surface area contributed by atoms with E-state index in [1.165, 1.54) is 11.8 Å². The molecule has 0 unspecified atom stereocenters. The van der Waals surface area contributed by atoms with Crippen LogP contribution in [0.4, 0.5) is 26.2 Å². The van der Waals surface area contributed by atoms with E-state index < -0.39 is 5.92 Å². The van der Waals surface area contributed by atoms with E-state index >= 15 is 0 Å². The topological polar surface area (TPSA) is 94.0 Å². The number of nitrogens with zero attached hydrogens (tertiary/aromatic N) is 4. The lowest BCUT2D eigenvalue weighted by atomic mass is 9.71. The summed E-state index contributed by atoms with van der Waals surface area (Å²) in [6.07, 6.45) is 4.68. The van der Waals surface area contributed by atoms with Crippen LogP contribution in [0.2, 0.25) is 5.02 Å². The number of nitrogens with two attached hydrogens (primary N) is 2. The Morgan fingerprint density at radius 1 is 1.21 bits per heavy atom. The molecule has 0 radical (unpaired) electrons. The normalized spacial score (nSPS) is 22.9. The maximum atomic E-state index is 13.9. The number of hydrogen-bond acceptors (Lipinski definition) is 7. The Kier molecular flexibility index (Phi) is 5.23. The van der Waals surface area contributed by atoms with Gasteiger partial charge in [0, 0.05) is 37.0 Å². The van der Waals surface area contributed by atoms with Gasteiger partial charge < -0.3 is 16.4 Å². The lowest BCUT2D eigenvalue weighted by molar-refractivity contribution is -0.00687. The molecule has 1 saturated carbocycles. The molecule has 29 heavy (non-hydrogen) atoms. The Balaban J connectivity index is 1.46. The quantitative estimate of drug-likeness (QED) is 0.725. The largest absolute Gasteiger partial charge is 0.382 e. The van der Waals surface area contributed by atoms with Crippen LogP contribution in [0, 0.1) is 11.3 Å². The van der Waals surface area contributed by atoms with E-state index in [9.17, 15) is 8.78 Å². The minimum absolute atomic E-state index is 0.00573. The predicted molar refractivity (Wildman–Crippen MR) is 111 cm³/mol. The zero-order valence-corrected chi connectivity index (χ0v) is 17.6. The highest BCUT2D eigenvalue weighted by Crippen LogP contribution is 2.56. The van der Waals surface area contributed by atoms with Crippen molar-refractivity contribution in [2.45, 2.75) is 48.5 Å². The first-order chi connectivity index (χ1) is 13.7. The molecule has 3 heterocycles. The maximum absolute atomic E-state index is 13.9. The number of halogens is 3. The van der Waals surface area contributed by atoms with Crippen molar-refractivity contribution in [3.63, 3.8) is 0 Å². The number of anilines is 3. The van der Waals surface area contributed by atoms with E-state index in [0.717, 1.165) is 12.8 Å². The summed E-state index contributed by atoms with van der Waals surface area (Å²) in [6, 6.07) is 1.74. The fourth-order valence-electron chi connectivity index (χ4n) is 4.51. The summed E-state index contributed by atoms with van der Waals surface area (Å²) in [5.74, 6) is -1.30. The standard InChI is InChI=1S/C19H23ClF2N6S/c1-11-8-19(21,22)10-18(11)3-6-28(7-4-18)13-9-26-17(16(24)27-13)29-12-2-5-25-15(23)14(12)20/h2,5,9,11H,3-4,6-8,10H2,1H3,(H2,23,25)(H2,24,27)/t11-/m1/s1. The molecular formula is C19H23ClF2N6S. The molecule has 0 amide bonds. The zero-order valence-electron chi connectivity index (χ0n) is 16.0. The van der Waals surface area contributed by atoms with Crippen LogP contribution < -0.4 is 16.4 Å². The molecule has 4 rings (SSSR count). The van der Waals surface area contributed by atoms with Gasteiger partial charge in [0.25, 0.3) is 0 Å². The van der Waals surface area contributed by atoms with Crippen molar-refractivity contribution in [3.05, 3.63) is 23.5 Å². The monoisotopic (exact) mass is 440 g/mol. The molecular weight excluding hydrogens is 418 g/mol. The predicted octanol–water partition coefficient (Wildman–Crippen LogP) is 4.49. The Morgan fingerprint density at radius 2 is 1.93 bits per heavy atom. The van der Waals surface area contributed by atoms with Crippen molar-refractivity contribution >= 4 is 40.8 Å². The van der Waals surface area contributed by atoms with Gasteiger partial charge in [0.05, 0.1) is 11.2 Å². The second-order valence-corrected chi connectivity index (χ2v) is 9.42. The molecule has 6 nitrogen and oxygen atoms in total. The van der Waals surface area contributed by atoms with Crippen molar-refractivity contribution < 1.29 is 8.78 Å². The third-order valence-electron chi connectivity index (χ3n) is 6.18. The van der Waals surface area contributed by atoms with Crippen LogP contribution in [0.5, 0.6) is 0 Å². The number of piperidine rings is 1. The summed E-state index contributed by atoms with van der Waals surface area (Å²) < 4.78 is 27.8. The van der Waals surface area contributed by atoms with Gasteiger partial charge in [0.1, 0.15) is 16.7 Å². The molecule has 0 bridgehead atoms. The van der Waals surface area contributed by atoms with Crippen LogP contribution in [0.15, 0.2) is 28.4 Å². The SMILES string of the molecule is C[C@@H]1CC(F)(F)CC12CCN(c1cnc(Sc3ccnc(N)c3Cl)c(N)n1)CC2. The highest BCUT2D eigenvalue weighted by Gasteiger charge is 2.54. The number of aromatic nitrogens is 3. The van der Waals surface area contributed by atoms with Crippen LogP contribution in [0.25, 0.3) is 0 Å². The molecule has 4 N–H and O–H groups in total. The van der Waals surface area contributed by atoms with Gasteiger partial charge in [0.2, 0.25) is 5.92 Å². The number of hydrogen-bond donors (Lipinski definition) is 2. The van der Waals surface area contributed by atoms with Gasteiger partial charge in [0.15, 0.2) is 5.82 Å². The summed E-state index contributed by atoms with van der Waals surface area (Å²) in [6.45, 7) is 3.30. The minimum atomic E-state index is -2.54. The fourth-order valence-corrected chi connectivity index (χ4v) is 5.53. The van der Waals surface area contributed by atoms with Crippen LogP contribution >= 0.6 is 23.4 Å². The Morgan fingerprint density at radius 3 is 2.55 bits per heavy atom. The Bertz CT molecular complexity index is 920.